The topological polar surface area (TPSA) is 54.9 Å². The molecule has 0 spiro atoms. The highest BCUT2D eigenvalue weighted by molar-refractivity contribution is 5.92. The third kappa shape index (κ3) is 4.86. The molecule has 0 aliphatic heterocycles. The number of hydrogen-bond acceptors (Lipinski definition) is 3. The van der Waals surface area contributed by atoms with E-state index in [0.29, 0.717) is 17.9 Å². The van der Waals surface area contributed by atoms with E-state index in [4.69, 9.17) is 4.98 Å². The molecule has 0 atom stereocenters. The molecule has 148 valence electrons. The second-order valence-electron chi connectivity index (χ2n) is 7.54. The lowest BCUT2D eigenvalue weighted by Crippen LogP contribution is -2.19. The van der Waals surface area contributed by atoms with E-state index in [1.807, 2.05) is 30.3 Å². The third-order valence-corrected chi connectivity index (χ3v) is 5.40. The van der Waals surface area contributed by atoms with Crippen LogP contribution in [-0.2, 0) is 11.2 Å². The summed E-state index contributed by atoms with van der Waals surface area (Å²) in [6, 6.07) is 15.9. The summed E-state index contributed by atoms with van der Waals surface area (Å²) in [5.41, 5.74) is 3.32. The van der Waals surface area contributed by atoms with Crippen LogP contribution in [0.3, 0.4) is 0 Å². The molecule has 0 saturated heterocycles. The van der Waals surface area contributed by atoms with Crippen molar-refractivity contribution in [3.8, 4) is 11.3 Å². The lowest BCUT2D eigenvalue weighted by atomic mass is 9.86. The van der Waals surface area contributed by atoms with Gasteiger partial charge in [-0.1, -0.05) is 49.6 Å². The van der Waals surface area contributed by atoms with E-state index in [-0.39, 0.29) is 17.6 Å². The molecule has 29 heavy (non-hydrogen) atoms. The van der Waals surface area contributed by atoms with Crippen molar-refractivity contribution in [1.29, 1.82) is 0 Å². The number of nitrogens with zero attached hydrogens (tertiary/aromatic N) is 2. The van der Waals surface area contributed by atoms with Gasteiger partial charge in [0.15, 0.2) is 5.82 Å². The van der Waals surface area contributed by atoms with Crippen molar-refractivity contribution in [2.45, 2.75) is 44.4 Å². The molecule has 1 N–H and O–H groups in total. The van der Waals surface area contributed by atoms with Crippen LogP contribution in [0.1, 0.15) is 49.3 Å². The molecule has 2 aromatic carbocycles. The summed E-state index contributed by atoms with van der Waals surface area (Å²) >= 11 is 0. The van der Waals surface area contributed by atoms with Crippen LogP contribution in [0.4, 0.5) is 10.2 Å². The van der Waals surface area contributed by atoms with Crippen molar-refractivity contribution in [3.63, 3.8) is 0 Å². The lowest BCUT2D eigenvalue weighted by Gasteiger charge is -2.23. The molecule has 1 aliphatic rings. The maximum Gasteiger partial charge on any atom is 0.229 e. The van der Waals surface area contributed by atoms with Crippen molar-refractivity contribution in [2.75, 3.05) is 5.32 Å². The summed E-state index contributed by atoms with van der Waals surface area (Å²) in [6.45, 7) is 0. The van der Waals surface area contributed by atoms with Crippen LogP contribution in [0.25, 0.3) is 11.3 Å². The quantitative estimate of drug-likeness (QED) is 0.626. The first-order valence-corrected chi connectivity index (χ1v) is 10.2. The average molecular weight is 389 g/mol. The summed E-state index contributed by atoms with van der Waals surface area (Å²) in [5, 5.41) is 2.97. The minimum atomic E-state index is -0.279. The standard InChI is InChI=1S/C24H24FN3O/c25-20-13-11-18(12-14-20)21-16-26-24(23(27-21)19-9-5-2-6-10-19)28-22(29)15-17-7-3-1-4-8-17/h1,3-4,7-8,11-14,16,19H,2,5-6,9-10,15H2,(H,26,28,29). The predicted molar refractivity (Wildman–Crippen MR) is 112 cm³/mol. The highest BCUT2D eigenvalue weighted by Crippen LogP contribution is 2.35. The van der Waals surface area contributed by atoms with Crippen LogP contribution < -0.4 is 5.32 Å². The minimum absolute atomic E-state index is 0.0999. The van der Waals surface area contributed by atoms with Crippen LogP contribution in [-0.4, -0.2) is 15.9 Å². The molecule has 1 fully saturated rings. The lowest BCUT2D eigenvalue weighted by molar-refractivity contribution is -0.115. The molecular formula is C24H24FN3O. The fraction of sp³-hybridized carbons (Fsp3) is 0.292. The van der Waals surface area contributed by atoms with Gasteiger partial charge in [-0.3, -0.25) is 4.79 Å². The van der Waals surface area contributed by atoms with E-state index in [1.54, 1.807) is 18.3 Å². The smallest absolute Gasteiger partial charge is 0.229 e. The first-order chi connectivity index (χ1) is 14.2. The molecular weight excluding hydrogens is 365 g/mol. The van der Waals surface area contributed by atoms with E-state index in [0.717, 1.165) is 42.5 Å². The summed E-state index contributed by atoms with van der Waals surface area (Å²) in [4.78, 5) is 22.0. The Balaban J connectivity index is 1.61. The second kappa shape index (κ2) is 8.95. The van der Waals surface area contributed by atoms with Gasteiger partial charge in [-0.25, -0.2) is 14.4 Å². The number of benzene rings is 2. The molecule has 5 heteroatoms. The van der Waals surface area contributed by atoms with Gasteiger partial charge < -0.3 is 5.32 Å². The van der Waals surface area contributed by atoms with Gasteiger partial charge in [0.05, 0.1) is 24.0 Å². The highest BCUT2D eigenvalue weighted by Gasteiger charge is 2.23. The van der Waals surface area contributed by atoms with Gasteiger partial charge in [0.2, 0.25) is 5.91 Å². The maximum absolute atomic E-state index is 13.3. The van der Waals surface area contributed by atoms with Gasteiger partial charge in [0.25, 0.3) is 0 Å². The summed E-state index contributed by atoms with van der Waals surface area (Å²) in [5.74, 6) is 0.448. The fourth-order valence-electron chi connectivity index (χ4n) is 3.88. The third-order valence-electron chi connectivity index (χ3n) is 5.40. The first-order valence-electron chi connectivity index (χ1n) is 10.2. The van der Waals surface area contributed by atoms with E-state index in [1.165, 1.54) is 18.6 Å². The molecule has 3 aromatic rings. The van der Waals surface area contributed by atoms with Gasteiger partial charge in [-0.15, -0.1) is 0 Å². The Morgan fingerprint density at radius 2 is 1.72 bits per heavy atom. The Morgan fingerprint density at radius 3 is 2.45 bits per heavy atom. The van der Waals surface area contributed by atoms with E-state index in [2.05, 4.69) is 10.3 Å². The molecule has 1 amide bonds. The molecule has 1 heterocycles. The largest absolute Gasteiger partial charge is 0.309 e. The molecule has 1 saturated carbocycles. The van der Waals surface area contributed by atoms with Gasteiger partial charge in [0.1, 0.15) is 5.82 Å². The van der Waals surface area contributed by atoms with E-state index < -0.39 is 0 Å². The number of amides is 1. The van der Waals surface area contributed by atoms with Crippen molar-refractivity contribution in [1.82, 2.24) is 9.97 Å². The van der Waals surface area contributed by atoms with Crippen LogP contribution in [0, 0.1) is 5.82 Å². The molecule has 0 unspecified atom stereocenters. The van der Waals surface area contributed by atoms with Crippen molar-refractivity contribution in [2.24, 2.45) is 0 Å². The van der Waals surface area contributed by atoms with Crippen molar-refractivity contribution < 1.29 is 9.18 Å². The number of rotatable bonds is 5. The normalized spacial score (nSPS) is 14.5. The Hall–Kier alpha value is -3.08. The number of halogens is 1. The Bertz CT molecular complexity index is 967. The van der Waals surface area contributed by atoms with Gasteiger partial charge in [-0.05, 0) is 42.7 Å². The maximum atomic E-state index is 13.3. The number of carbonyl (C=O) groups is 1. The Morgan fingerprint density at radius 1 is 1.00 bits per heavy atom. The van der Waals surface area contributed by atoms with Gasteiger partial charge >= 0.3 is 0 Å². The van der Waals surface area contributed by atoms with Gasteiger partial charge in [0, 0.05) is 11.5 Å². The zero-order chi connectivity index (χ0) is 20.1. The van der Waals surface area contributed by atoms with Crippen LogP contribution in [0.15, 0.2) is 60.8 Å². The van der Waals surface area contributed by atoms with E-state index >= 15 is 0 Å². The molecule has 4 rings (SSSR count). The van der Waals surface area contributed by atoms with Gasteiger partial charge in [-0.2, -0.15) is 0 Å². The number of aromatic nitrogens is 2. The zero-order valence-electron chi connectivity index (χ0n) is 16.3. The van der Waals surface area contributed by atoms with Crippen LogP contribution >= 0.6 is 0 Å². The van der Waals surface area contributed by atoms with E-state index in [9.17, 15) is 9.18 Å². The molecule has 1 aromatic heterocycles. The number of hydrogen-bond donors (Lipinski definition) is 1. The molecule has 1 aliphatic carbocycles. The SMILES string of the molecule is O=C(Cc1ccccc1)Nc1ncc(-c2ccc(F)cc2)nc1C1CCCCC1. The number of carbonyl (C=O) groups excluding carboxylic acids is 1. The minimum Gasteiger partial charge on any atom is -0.309 e. The predicted octanol–water partition coefficient (Wildman–Crippen LogP) is 5.51. The molecule has 4 nitrogen and oxygen atoms in total. The Labute approximate surface area is 170 Å². The van der Waals surface area contributed by atoms with Crippen LogP contribution in [0.2, 0.25) is 0 Å². The summed E-state index contributed by atoms with van der Waals surface area (Å²) < 4.78 is 13.3. The average Bonchev–Trinajstić information content (AvgIpc) is 2.76. The number of nitrogens with one attached hydrogen (secondary N) is 1. The number of anilines is 1. The summed E-state index contributed by atoms with van der Waals surface area (Å²) in [7, 11) is 0. The van der Waals surface area contributed by atoms with Crippen LogP contribution in [0.5, 0.6) is 0 Å². The summed E-state index contributed by atoms with van der Waals surface area (Å²) in [6.07, 6.45) is 7.59. The molecule has 0 bridgehead atoms. The van der Waals surface area contributed by atoms with Crippen molar-refractivity contribution >= 4 is 11.7 Å². The zero-order valence-corrected chi connectivity index (χ0v) is 16.3. The monoisotopic (exact) mass is 389 g/mol. The first kappa shape index (κ1) is 19.2. The Kier molecular flexibility index (Phi) is 5.94. The van der Waals surface area contributed by atoms with Crippen molar-refractivity contribution in [3.05, 3.63) is 77.9 Å². The highest BCUT2D eigenvalue weighted by atomic mass is 19.1. The second-order valence-corrected chi connectivity index (χ2v) is 7.54. The fourth-order valence-corrected chi connectivity index (χ4v) is 3.88. The molecule has 0 radical (unpaired) electrons.